The molecule has 0 bridgehead atoms. The van der Waals surface area contributed by atoms with Crippen molar-refractivity contribution in [2.75, 3.05) is 6.54 Å². The first kappa shape index (κ1) is 15.1. The van der Waals surface area contributed by atoms with Gasteiger partial charge in [-0.15, -0.1) is 0 Å². The number of nitrogens with one attached hydrogen (secondary N) is 1. The Morgan fingerprint density at radius 2 is 1.89 bits per heavy atom. The molecule has 0 saturated carbocycles. The second-order valence-electron chi connectivity index (χ2n) is 4.63. The lowest BCUT2D eigenvalue weighted by atomic mass is 10.0. The number of amides is 1. The van der Waals surface area contributed by atoms with Gasteiger partial charge in [-0.3, -0.25) is 9.59 Å². The molecule has 0 heterocycles. The number of hydrogen-bond donors (Lipinski definition) is 2. The Hall–Kier alpha value is -1.91. The van der Waals surface area contributed by atoms with E-state index >= 15 is 0 Å². The minimum atomic E-state index is -0.897. The van der Waals surface area contributed by atoms with E-state index in [9.17, 15) is 14.0 Å². The number of carboxylic acids is 1. The predicted octanol–water partition coefficient (Wildman–Crippen LogP) is 1.99. The summed E-state index contributed by atoms with van der Waals surface area (Å²) in [5.74, 6) is -1.51. The minimum absolute atomic E-state index is 0.00855. The fourth-order valence-corrected chi connectivity index (χ4v) is 1.76. The first-order chi connectivity index (χ1) is 8.97. The van der Waals surface area contributed by atoms with Gasteiger partial charge in [0.05, 0.1) is 0 Å². The maximum atomic E-state index is 12.7. The molecule has 19 heavy (non-hydrogen) atoms. The van der Waals surface area contributed by atoms with E-state index < -0.39 is 5.97 Å². The van der Waals surface area contributed by atoms with E-state index in [2.05, 4.69) is 5.32 Å². The number of halogens is 1. The van der Waals surface area contributed by atoms with Crippen LogP contribution in [-0.2, 0) is 16.0 Å². The van der Waals surface area contributed by atoms with Gasteiger partial charge in [0, 0.05) is 19.4 Å². The second kappa shape index (κ2) is 7.51. The molecule has 2 N–H and O–H groups in total. The molecule has 0 spiro atoms. The molecule has 0 saturated heterocycles. The number of hydrogen-bond acceptors (Lipinski definition) is 2. The molecular weight excluding hydrogens is 249 g/mol. The van der Waals surface area contributed by atoms with Crippen LogP contribution in [-0.4, -0.2) is 23.5 Å². The van der Waals surface area contributed by atoms with Crippen molar-refractivity contribution in [1.82, 2.24) is 5.32 Å². The van der Waals surface area contributed by atoms with Crippen LogP contribution in [0.3, 0.4) is 0 Å². The Bertz CT molecular complexity index is 431. The van der Waals surface area contributed by atoms with Crippen LogP contribution in [0.2, 0.25) is 0 Å². The van der Waals surface area contributed by atoms with Gasteiger partial charge in [-0.1, -0.05) is 19.1 Å². The molecule has 0 aliphatic rings. The van der Waals surface area contributed by atoms with Crippen LogP contribution in [0.25, 0.3) is 0 Å². The van der Waals surface area contributed by atoms with Gasteiger partial charge in [0.25, 0.3) is 0 Å². The zero-order valence-corrected chi connectivity index (χ0v) is 10.9. The lowest BCUT2D eigenvalue weighted by molar-refractivity contribution is -0.138. The van der Waals surface area contributed by atoms with Gasteiger partial charge >= 0.3 is 5.97 Å². The summed E-state index contributed by atoms with van der Waals surface area (Å²) in [5, 5.41) is 11.3. The first-order valence-electron chi connectivity index (χ1n) is 6.20. The fourth-order valence-electron chi connectivity index (χ4n) is 1.76. The lowest BCUT2D eigenvalue weighted by Crippen LogP contribution is -2.27. The summed E-state index contributed by atoms with van der Waals surface area (Å²) in [4.78, 5) is 22.0. The summed E-state index contributed by atoms with van der Waals surface area (Å²) >= 11 is 0. The first-order valence-corrected chi connectivity index (χ1v) is 6.20. The Morgan fingerprint density at radius 1 is 1.26 bits per heavy atom. The molecule has 1 rings (SSSR count). The molecule has 0 fully saturated rings. The Morgan fingerprint density at radius 3 is 2.47 bits per heavy atom. The highest BCUT2D eigenvalue weighted by Crippen LogP contribution is 2.07. The summed E-state index contributed by atoms with van der Waals surface area (Å²) in [7, 11) is 0. The third-order valence-electron chi connectivity index (χ3n) is 2.71. The lowest BCUT2D eigenvalue weighted by Gasteiger charge is -2.09. The quantitative estimate of drug-likeness (QED) is 0.794. The molecule has 0 aromatic heterocycles. The van der Waals surface area contributed by atoms with E-state index in [0.717, 1.165) is 5.56 Å². The topological polar surface area (TPSA) is 66.4 Å². The number of carbonyl (C=O) groups is 2. The molecule has 1 amide bonds. The highest BCUT2D eigenvalue weighted by molar-refractivity contribution is 5.77. The van der Waals surface area contributed by atoms with Gasteiger partial charge in [-0.05, 0) is 30.0 Å². The van der Waals surface area contributed by atoms with Crippen LogP contribution in [0.4, 0.5) is 4.39 Å². The van der Waals surface area contributed by atoms with Crippen LogP contribution < -0.4 is 5.32 Å². The van der Waals surface area contributed by atoms with Gasteiger partial charge in [-0.25, -0.2) is 4.39 Å². The molecule has 0 aliphatic carbocycles. The van der Waals surface area contributed by atoms with Crippen molar-refractivity contribution >= 4 is 11.9 Å². The zero-order chi connectivity index (χ0) is 14.3. The third-order valence-corrected chi connectivity index (χ3v) is 2.71. The molecule has 1 aromatic carbocycles. The molecule has 1 atom stereocenters. The Balaban J connectivity index is 2.23. The summed E-state index contributed by atoms with van der Waals surface area (Å²) in [5.41, 5.74) is 0.945. The second-order valence-corrected chi connectivity index (χ2v) is 4.63. The van der Waals surface area contributed by atoms with E-state index in [1.807, 2.05) is 0 Å². The summed E-state index contributed by atoms with van der Waals surface area (Å²) < 4.78 is 12.7. The average Bonchev–Trinajstić information content (AvgIpc) is 2.30. The van der Waals surface area contributed by atoms with Gasteiger partial charge in [0.1, 0.15) is 5.82 Å². The van der Waals surface area contributed by atoms with Crippen LogP contribution >= 0.6 is 0 Å². The van der Waals surface area contributed by atoms with Crippen molar-refractivity contribution in [1.29, 1.82) is 0 Å². The molecule has 0 aliphatic heterocycles. The van der Waals surface area contributed by atoms with E-state index in [1.54, 1.807) is 19.1 Å². The van der Waals surface area contributed by atoms with Gasteiger partial charge in [0.15, 0.2) is 0 Å². The maximum absolute atomic E-state index is 12.7. The Labute approximate surface area is 111 Å². The van der Waals surface area contributed by atoms with Crippen LogP contribution in [0, 0.1) is 11.7 Å². The van der Waals surface area contributed by atoms with Crippen molar-refractivity contribution < 1.29 is 19.1 Å². The standard InChI is InChI=1S/C14H18FNO3/c1-10(9-14(18)19)8-13(17)16-7-6-11-2-4-12(15)5-3-11/h2-5,10H,6-9H2,1H3,(H,16,17)(H,18,19). The molecule has 1 unspecified atom stereocenters. The third kappa shape index (κ3) is 6.55. The maximum Gasteiger partial charge on any atom is 0.303 e. The van der Waals surface area contributed by atoms with Crippen molar-refractivity contribution in [3.8, 4) is 0 Å². The Kier molecular flexibility index (Phi) is 5.99. The highest BCUT2D eigenvalue weighted by Gasteiger charge is 2.12. The SMILES string of the molecule is CC(CC(=O)O)CC(=O)NCCc1ccc(F)cc1. The van der Waals surface area contributed by atoms with E-state index in [-0.39, 0.29) is 30.5 Å². The number of carbonyl (C=O) groups excluding carboxylic acids is 1. The molecular formula is C14H18FNO3. The molecule has 5 heteroatoms. The predicted molar refractivity (Wildman–Crippen MR) is 69.1 cm³/mol. The average molecular weight is 267 g/mol. The number of carboxylic acid groups (broad SMARTS) is 1. The molecule has 1 aromatic rings. The van der Waals surface area contributed by atoms with Crippen molar-refractivity contribution in [2.45, 2.75) is 26.2 Å². The van der Waals surface area contributed by atoms with Crippen LogP contribution in [0.1, 0.15) is 25.3 Å². The number of aliphatic carboxylic acids is 1. The van der Waals surface area contributed by atoms with Crippen LogP contribution in [0.5, 0.6) is 0 Å². The number of rotatable bonds is 7. The zero-order valence-electron chi connectivity index (χ0n) is 10.9. The summed E-state index contributed by atoms with van der Waals surface area (Å²) in [6.45, 7) is 2.19. The monoisotopic (exact) mass is 267 g/mol. The molecule has 0 radical (unpaired) electrons. The van der Waals surface area contributed by atoms with Crippen molar-refractivity contribution in [2.24, 2.45) is 5.92 Å². The fraction of sp³-hybridized carbons (Fsp3) is 0.429. The van der Waals surface area contributed by atoms with Gasteiger partial charge in [-0.2, -0.15) is 0 Å². The minimum Gasteiger partial charge on any atom is -0.481 e. The van der Waals surface area contributed by atoms with Crippen LogP contribution in [0.15, 0.2) is 24.3 Å². The van der Waals surface area contributed by atoms with Crippen molar-refractivity contribution in [3.05, 3.63) is 35.6 Å². The summed E-state index contributed by atoms with van der Waals surface area (Å²) in [6, 6.07) is 6.11. The highest BCUT2D eigenvalue weighted by atomic mass is 19.1. The normalized spacial score (nSPS) is 11.9. The molecule has 4 nitrogen and oxygen atoms in total. The smallest absolute Gasteiger partial charge is 0.303 e. The van der Waals surface area contributed by atoms with E-state index in [0.29, 0.717) is 13.0 Å². The van der Waals surface area contributed by atoms with E-state index in [1.165, 1.54) is 12.1 Å². The van der Waals surface area contributed by atoms with E-state index in [4.69, 9.17) is 5.11 Å². The number of benzene rings is 1. The summed E-state index contributed by atoms with van der Waals surface area (Å²) in [6.07, 6.45) is 0.820. The largest absolute Gasteiger partial charge is 0.481 e. The van der Waals surface area contributed by atoms with Crippen molar-refractivity contribution in [3.63, 3.8) is 0 Å². The van der Waals surface area contributed by atoms with Gasteiger partial charge in [0.2, 0.25) is 5.91 Å². The molecule has 104 valence electrons. The van der Waals surface area contributed by atoms with Gasteiger partial charge < -0.3 is 10.4 Å².